The Hall–Kier alpha value is -1.63. The van der Waals surface area contributed by atoms with Crippen molar-refractivity contribution in [3.63, 3.8) is 0 Å². The first-order chi connectivity index (χ1) is 12.6. The minimum atomic E-state index is -0.0959. The lowest BCUT2D eigenvalue weighted by atomic mass is 9.97. The van der Waals surface area contributed by atoms with E-state index in [0.29, 0.717) is 28.2 Å². The second kappa shape index (κ2) is 7.55. The van der Waals surface area contributed by atoms with Gasteiger partial charge in [0.25, 0.3) is 0 Å². The summed E-state index contributed by atoms with van der Waals surface area (Å²) in [6.45, 7) is 1.97. The van der Waals surface area contributed by atoms with Gasteiger partial charge in [-0.2, -0.15) is 0 Å². The molecule has 2 fully saturated rings. The van der Waals surface area contributed by atoms with Crippen molar-refractivity contribution in [3.05, 3.63) is 40.0 Å². The van der Waals surface area contributed by atoms with Gasteiger partial charge in [-0.15, -0.1) is 10.2 Å². The van der Waals surface area contributed by atoms with Crippen LogP contribution in [-0.2, 0) is 4.79 Å². The Morgan fingerprint density at radius 2 is 1.77 bits per heavy atom. The van der Waals surface area contributed by atoms with Crippen molar-refractivity contribution in [2.24, 2.45) is 0 Å². The van der Waals surface area contributed by atoms with Crippen molar-refractivity contribution >= 4 is 34.8 Å². The molecule has 6 nitrogen and oxygen atoms in total. The molecule has 1 aromatic carbocycles. The first-order valence-corrected chi connectivity index (χ1v) is 9.65. The quantitative estimate of drug-likeness (QED) is 0.827. The van der Waals surface area contributed by atoms with Crippen LogP contribution in [0.2, 0.25) is 10.0 Å². The molecule has 0 atom stereocenters. The molecule has 0 spiro atoms. The van der Waals surface area contributed by atoms with E-state index in [-0.39, 0.29) is 11.8 Å². The third-order valence-electron chi connectivity index (χ3n) is 4.91. The van der Waals surface area contributed by atoms with E-state index < -0.39 is 0 Å². The number of hydrogen-bond acceptors (Lipinski definition) is 5. The minimum absolute atomic E-state index is 0.0959. The summed E-state index contributed by atoms with van der Waals surface area (Å²) in [5, 5.41) is 12.0. The van der Waals surface area contributed by atoms with Crippen molar-refractivity contribution < 1.29 is 9.21 Å². The van der Waals surface area contributed by atoms with Gasteiger partial charge in [0, 0.05) is 11.8 Å². The summed E-state index contributed by atoms with van der Waals surface area (Å²) in [6.07, 6.45) is 4.15. The maximum Gasteiger partial charge on any atom is 0.238 e. The molecule has 8 heteroatoms. The summed E-state index contributed by atoms with van der Waals surface area (Å²) >= 11 is 12.1. The Balaban J connectivity index is 1.27. The van der Waals surface area contributed by atoms with Crippen molar-refractivity contribution in [1.82, 2.24) is 15.1 Å². The van der Waals surface area contributed by atoms with Crippen molar-refractivity contribution in [3.8, 4) is 0 Å². The Bertz CT molecular complexity index is 798. The average Bonchev–Trinajstić information content (AvgIpc) is 3.37. The summed E-state index contributed by atoms with van der Waals surface area (Å²) in [4.78, 5) is 14.4. The molecule has 2 aliphatic rings. The van der Waals surface area contributed by atoms with Crippen LogP contribution in [0.3, 0.4) is 0 Å². The Morgan fingerprint density at radius 3 is 2.42 bits per heavy atom. The number of anilines is 1. The number of aromatic nitrogens is 2. The predicted octanol–water partition coefficient (Wildman–Crippen LogP) is 4.07. The van der Waals surface area contributed by atoms with E-state index in [9.17, 15) is 4.79 Å². The average molecular weight is 395 g/mol. The van der Waals surface area contributed by atoms with E-state index in [4.69, 9.17) is 27.6 Å². The number of rotatable bonds is 5. The van der Waals surface area contributed by atoms with Crippen molar-refractivity contribution in [1.29, 1.82) is 0 Å². The largest absolute Gasteiger partial charge is 0.425 e. The molecule has 0 unspecified atom stereocenters. The Labute approximate surface area is 161 Å². The summed E-state index contributed by atoms with van der Waals surface area (Å²) in [7, 11) is 0. The van der Waals surface area contributed by atoms with Crippen LogP contribution in [0, 0.1) is 0 Å². The molecule has 1 aliphatic heterocycles. The predicted molar refractivity (Wildman–Crippen MR) is 99.8 cm³/mol. The highest BCUT2D eigenvalue weighted by molar-refractivity contribution is 6.43. The van der Waals surface area contributed by atoms with E-state index >= 15 is 0 Å². The normalized spacial score (nSPS) is 18.8. The van der Waals surface area contributed by atoms with Crippen LogP contribution in [0.25, 0.3) is 0 Å². The number of benzene rings is 1. The SMILES string of the molecule is O=C(CN1CCC(c2nnc(C3CC3)o2)CC1)Nc1cccc(Cl)c1Cl. The molecule has 1 saturated carbocycles. The zero-order chi connectivity index (χ0) is 18.1. The second-order valence-electron chi connectivity index (χ2n) is 6.95. The monoisotopic (exact) mass is 394 g/mol. The summed E-state index contributed by atoms with van der Waals surface area (Å²) in [6, 6.07) is 5.19. The fraction of sp³-hybridized carbons (Fsp3) is 0.500. The van der Waals surface area contributed by atoms with Gasteiger partial charge >= 0.3 is 0 Å². The van der Waals surface area contributed by atoms with Gasteiger partial charge in [-0.3, -0.25) is 9.69 Å². The summed E-state index contributed by atoms with van der Waals surface area (Å²) in [5.41, 5.74) is 0.539. The topological polar surface area (TPSA) is 71.3 Å². The van der Waals surface area contributed by atoms with Crippen molar-refractivity contribution in [2.45, 2.75) is 37.5 Å². The molecule has 4 rings (SSSR count). The van der Waals surface area contributed by atoms with E-state index in [1.54, 1.807) is 18.2 Å². The van der Waals surface area contributed by atoms with Crippen LogP contribution in [0.5, 0.6) is 0 Å². The molecule has 1 N–H and O–H groups in total. The zero-order valence-corrected chi connectivity index (χ0v) is 15.8. The van der Waals surface area contributed by atoms with E-state index in [2.05, 4.69) is 20.4 Å². The molecular formula is C18H20Cl2N4O2. The molecule has 1 saturated heterocycles. The van der Waals surface area contributed by atoms with Crippen LogP contribution < -0.4 is 5.32 Å². The van der Waals surface area contributed by atoms with Gasteiger partial charge < -0.3 is 9.73 Å². The first-order valence-electron chi connectivity index (χ1n) is 8.89. The lowest BCUT2D eigenvalue weighted by molar-refractivity contribution is -0.117. The molecule has 2 heterocycles. The summed E-state index contributed by atoms with van der Waals surface area (Å²) < 4.78 is 5.82. The van der Waals surface area contributed by atoms with E-state index in [1.807, 2.05) is 0 Å². The number of likely N-dealkylation sites (tertiary alicyclic amines) is 1. The fourth-order valence-electron chi connectivity index (χ4n) is 3.24. The third-order valence-corrected chi connectivity index (χ3v) is 5.73. The Kier molecular flexibility index (Phi) is 5.16. The number of halogens is 2. The molecule has 138 valence electrons. The first kappa shape index (κ1) is 17.8. The van der Waals surface area contributed by atoms with Gasteiger partial charge in [0.1, 0.15) is 0 Å². The second-order valence-corrected chi connectivity index (χ2v) is 7.74. The highest BCUT2D eigenvalue weighted by Crippen LogP contribution is 2.40. The van der Waals surface area contributed by atoms with Gasteiger partial charge in [0.05, 0.1) is 22.3 Å². The number of carbonyl (C=O) groups is 1. The van der Waals surface area contributed by atoms with Crippen LogP contribution in [0.1, 0.15) is 49.3 Å². The number of hydrogen-bond donors (Lipinski definition) is 1. The lowest BCUT2D eigenvalue weighted by Crippen LogP contribution is -2.38. The lowest BCUT2D eigenvalue weighted by Gasteiger charge is -2.29. The standard InChI is InChI=1S/C18H20Cl2N4O2/c19-13-2-1-3-14(16(13)20)21-15(25)10-24-8-6-12(7-9-24)18-23-22-17(26-18)11-4-5-11/h1-3,11-12H,4-10H2,(H,21,25). The van der Waals surface area contributed by atoms with Gasteiger partial charge in [-0.1, -0.05) is 29.3 Å². The van der Waals surface area contributed by atoms with Gasteiger partial charge in [-0.25, -0.2) is 0 Å². The molecule has 0 radical (unpaired) electrons. The maximum absolute atomic E-state index is 12.3. The molecule has 2 aromatic rings. The fourth-order valence-corrected chi connectivity index (χ4v) is 3.59. The molecular weight excluding hydrogens is 375 g/mol. The maximum atomic E-state index is 12.3. The van der Waals surface area contributed by atoms with Crippen LogP contribution >= 0.6 is 23.2 Å². The molecule has 1 aliphatic carbocycles. The third kappa shape index (κ3) is 4.03. The number of piperidine rings is 1. The molecule has 1 amide bonds. The minimum Gasteiger partial charge on any atom is -0.425 e. The smallest absolute Gasteiger partial charge is 0.238 e. The molecule has 0 bridgehead atoms. The number of amides is 1. The highest BCUT2D eigenvalue weighted by Gasteiger charge is 2.32. The van der Waals surface area contributed by atoms with E-state index in [1.165, 1.54) is 0 Å². The van der Waals surface area contributed by atoms with Crippen molar-refractivity contribution in [2.75, 3.05) is 25.0 Å². The molecule has 1 aromatic heterocycles. The zero-order valence-electron chi connectivity index (χ0n) is 14.3. The Morgan fingerprint density at radius 1 is 1.12 bits per heavy atom. The number of nitrogens with one attached hydrogen (secondary N) is 1. The van der Waals surface area contributed by atoms with Gasteiger partial charge in [0.15, 0.2) is 0 Å². The van der Waals surface area contributed by atoms with Gasteiger partial charge in [0.2, 0.25) is 17.7 Å². The van der Waals surface area contributed by atoms with Crippen LogP contribution in [0.4, 0.5) is 5.69 Å². The van der Waals surface area contributed by atoms with E-state index in [0.717, 1.165) is 50.6 Å². The number of nitrogens with zero attached hydrogens (tertiary/aromatic N) is 3. The van der Waals surface area contributed by atoms with Crippen LogP contribution in [0.15, 0.2) is 22.6 Å². The number of carbonyl (C=O) groups excluding carboxylic acids is 1. The highest BCUT2D eigenvalue weighted by atomic mass is 35.5. The van der Waals surface area contributed by atoms with Crippen LogP contribution in [-0.4, -0.2) is 40.6 Å². The molecule has 26 heavy (non-hydrogen) atoms. The van der Waals surface area contributed by atoms with Gasteiger partial charge in [-0.05, 0) is 50.9 Å². The summed E-state index contributed by atoms with van der Waals surface area (Å²) in [5.74, 6) is 2.22.